The third-order valence-corrected chi connectivity index (χ3v) is 4.01. The van der Waals surface area contributed by atoms with E-state index in [1.54, 1.807) is 46.0 Å². The van der Waals surface area contributed by atoms with Crippen LogP contribution in [0.2, 0.25) is 0 Å². The van der Waals surface area contributed by atoms with Gasteiger partial charge in [0.05, 0.1) is 22.9 Å². The first-order chi connectivity index (χ1) is 11.6. The van der Waals surface area contributed by atoms with Gasteiger partial charge in [-0.05, 0) is 35.0 Å². The van der Waals surface area contributed by atoms with Crippen molar-refractivity contribution in [3.63, 3.8) is 0 Å². The molecule has 126 valence electrons. The predicted octanol–water partition coefficient (Wildman–Crippen LogP) is 1.84. The molecule has 0 saturated carbocycles. The van der Waals surface area contributed by atoms with Gasteiger partial charge in [0.15, 0.2) is 0 Å². The Balaban J connectivity index is 1.66. The van der Waals surface area contributed by atoms with Crippen LogP contribution in [0.1, 0.15) is 23.1 Å². The molecule has 0 unspecified atom stereocenters. The van der Waals surface area contributed by atoms with Crippen molar-refractivity contribution in [2.75, 3.05) is 7.05 Å². The van der Waals surface area contributed by atoms with Crippen molar-refractivity contribution in [1.29, 1.82) is 0 Å². The van der Waals surface area contributed by atoms with E-state index in [9.17, 15) is 4.79 Å². The number of carbonyl (C=O) groups is 1. The van der Waals surface area contributed by atoms with E-state index in [0.29, 0.717) is 18.9 Å². The summed E-state index contributed by atoms with van der Waals surface area (Å²) in [4.78, 5) is 14.2. The van der Waals surface area contributed by atoms with E-state index in [2.05, 4.69) is 31.2 Å². The molecule has 0 aliphatic heterocycles. The largest absolute Gasteiger partial charge is 0.334 e. The van der Waals surface area contributed by atoms with Crippen LogP contribution in [0, 0.1) is 0 Å². The van der Waals surface area contributed by atoms with Crippen LogP contribution < -0.4 is 0 Å². The molecular formula is C15H18BrN7O. The van der Waals surface area contributed by atoms with Crippen molar-refractivity contribution in [1.82, 2.24) is 34.2 Å². The second-order valence-corrected chi connectivity index (χ2v) is 6.30. The average molecular weight is 392 g/mol. The lowest BCUT2D eigenvalue weighted by Crippen LogP contribution is -2.28. The van der Waals surface area contributed by atoms with Crippen molar-refractivity contribution in [3.05, 3.63) is 52.8 Å². The lowest BCUT2D eigenvalue weighted by molar-refractivity contribution is 0.0774. The summed E-state index contributed by atoms with van der Waals surface area (Å²) < 4.78 is 6.18. The summed E-state index contributed by atoms with van der Waals surface area (Å²) >= 11 is 3.35. The topological polar surface area (TPSA) is 73.8 Å². The van der Waals surface area contributed by atoms with E-state index in [4.69, 9.17) is 0 Å². The maximum atomic E-state index is 12.5. The van der Waals surface area contributed by atoms with Gasteiger partial charge in [0.1, 0.15) is 12.4 Å². The molecule has 0 radical (unpaired) electrons. The molecule has 3 aromatic rings. The standard InChI is InChI=1S/C15H18BrN7O/c1-3-23-13(4-6-17-23)10-20(2)15(24)14-5-7-21(19-14)11-22-9-12(16)8-18-22/h4-9H,3,10-11H2,1-2H3. The molecule has 0 bridgehead atoms. The van der Waals surface area contributed by atoms with E-state index in [-0.39, 0.29) is 5.91 Å². The number of nitrogens with zero attached hydrogens (tertiary/aromatic N) is 7. The first kappa shape index (κ1) is 16.4. The van der Waals surface area contributed by atoms with Crippen LogP contribution in [0.4, 0.5) is 0 Å². The molecule has 0 spiro atoms. The minimum atomic E-state index is -0.126. The molecule has 1 amide bonds. The first-order valence-corrected chi connectivity index (χ1v) is 8.33. The molecule has 24 heavy (non-hydrogen) atoms. The Bertz CT molecular complexity index is 834. The molecule has 3 aromatic heterocycles. The van der Waals surface area contributed by atoms with Gasteiger partial charge in [-0.15, -0.1) is 0 Å². The number of rotatable bonds is 6. The van der Waals surface area contributed by atoms with E-state index in [0.717, 1.165) is 16.7 Å². The lowest BCUT2D eigenvalue weighted by Gasteiger charge is -2.16. The van der Waals surface area contributed by atoms with Gasteiger partial charge >= 0.3 is 0 Å². The number of halogens is 1. The highest BCUT2D eigenvalue weighted by atomic mass is 79.9. The van der Waals surface area contributed by atoms with Crippen LogP contribution >= 0.6 is 15.9 Å². The van der Waals surface area contributed by atoms with Crippen LogP contribution in [-0.2, 0) is 19.8 Å². The zero-order valence-corrected chi connectivity index (χ0v) is 15.1. The molecule has 0 aliphatic carbocycles. The van der Waals surface area contributed by atoms with E-state index < -0.39 is 0 Å². The fourth-order valence-electron chi connectivity index (χ4n) is 2.41. The third-order valence-electron chi connectivity index (χ3n) is 3.60. The van der Waals surface area contributed by atoms with Gasteiger partial charge in [0.2, 0.25) is 0 Å². The molecule has 0 aliphatic rings. The third kappa shape index (κ3) is 3.56. The van der Waals surface area contributed by atoms with Crippen LogP contribution in [0.5, 0.6) is 0 Å². The lowest BCUT2D eigenvalue weighted by atomic mass is 10.3. The van der Waals surface area contributed by atoms with Crippen molar-refractivity contribution >= 4 is 21.8 Å². The van der Waals surface area contributed by atoms with Gasteiger partial charge < -0.3 is 4.90 Å². The number of carbonyl (C=O) groups excluding carboxylic acids is 1. The molecule has 0 N–H and O–H groups in total. The second kappa shape index (κ2) is 7.00. The Hall–Kier alpha value is -2.42. The van der Waals surface area contributed by atoms with E-state index in [1.807, 2.05) is 23.9 Å². The highest BCUT2D eigenvalue weighted by molar-refractivity contribution is 9.10. The van der Waals surface area contributed by atoms with Crippen molar-refractivity contribution < 1.29 is 4.79 Å². The number of hydrogen-bond donors (Lipinski definition) is 0. The van der Waals surface area contributed by atoms with Gasteiger partial charge in [0, 0.05) is 32.2 Å². The van der Waals surface area contributed by atoms with Crippen molar-refractivity contribution in [2.24, 2.45) is 0 Å². The fraction of sp³-hybridized carbons (Fsp3) is 0.333. The number of aromatic nitrogens is 6. The number of aryl methyl sites for hydroxylation is 1. The van der Waals surface area contributed by atoms with Gasteiger partial charge in [-0.3, -0.25) is 14.2 Å². The Morgan fingerprint density at radius 3 is 2.83 bits per heavy atom. The average Bonchev–Trinajstić information content (AvgIpc) is 3.28. The Morgan fingerprint density at radius 1 is 1.29 bits per heavy atom. The smallest absolute Gasteiger partial charge is 0.274 e. The van der Waals surface area contributed by atoms with E-state index in [1.165, 1.54) is 0 Å². The van der Waals surface area contributed by atoms with Gasteiger partial charge in [-0.1, -0.05) is 0 Å². The molecule has 0 saturated heterocycles. The zero-order valence-electron chi connectivity index (χ0n) is 13.5. The van der Waals surface area contributed by atoms with Gasteiger partial charge in [-0.2, -0.15) is 15.3 Å². The van der Waals surface area contributed by atoms with Gasteiger partial charge in [-0.25, -0.2) is 4.68 Å². The zero-order chi connectivity index (χ0) is 17.1. The maximum absolute atomic E-state index is 12.5. The summed E-state index contributed by atoms with van der Waals surface area (Å²) in [6.45, 7) is 3.74. The molecule has 0 aromatic carbocycles. The minimum Gasteiger partial charge on any atom is -0.334 e. The molecule has 0 atom stereocenters. The van der Waals surface area contributed by atoms with Crippen LogP contribution in [0.3, 0.4) is 0 Å². The summed E-state index contributed by atoms with van der Waals surface area (Å²) in [6.07, 6.45) is 7.07. The Labute approximate surface area is 147 Å². The second-order valence-electron chi connectivity index (χ2n) is 5.38. The van der Waals surface area contributed by atoms with Gasteiger partial charge in [0.25, 0.3) is 5.91 Å². The number of amides is 1. The summed E-state index contributed by atoms with van der Waals surface area (Å²) in [7, 11) is 1.76. The quantitative estimate of drug-likeness (QED) is 0.642. The van der Waals surface area contributed by atoms with Crippen LogP contribution in [0.15, 0.2) is 41.4 Å². The normalized spacial score (nSPS) is 11.0. The van der Waals surface area contributed by atoms with Crippen LogP contribution in [-0.4, -0.2) is 47.2 Å². The summed E-state index contributed by atoms with van der Waals surface area (Å²) in [5.41, 5.74) is 1.40. The number of hydrogen-bond acceptors (Lipinski definition) is 4. The Morgan fingerprint density at radius 2 is 2.12 bits per heavy atom. The highest BCUT2D eigenvalue weighted by Gasteiger charge is 2.16. The summed E-state index contributed by atoms with van der Waals surface area (Å²) in [5.74, 6) is -0.126. The predicted molar refractivity (Wildman–Crippen MR) is 91.3 cm³/mol. The fourth-order valence-corrected chi connectivity index (χ4v) is 2.74. The summed E-state index contributed by atoms with van der Waals surface area (Å²) in [6, 6.07) is 3.63. The molecule has 8 nitrogen and oxygen atoms in total. The highest BCUT2D eigenvalue weighted by Crippen LogP contribution is 2.09. The summed E-state index contributed by atoms with van der Waals surface area (Å²) in [5, 5.41) is 12.7. The molecule has 9 heteroatoms. The molecule has 3 heterocycles. The Kier molecular flexibility index (Phi) is 4.79. The van der Waals surface area contributed by atoms with E-state index >= 15 is 0 Å². The van der Waals surface area contributed by atoms with Crippen molar-refractivity contribution in [3.8, 4) is 0 Å². The van der Waals surface area contributed by atoms with Crippen LogP contribution in [0.25, 0.3) is 0 Å². The molecular weight excluding hydrogens is 374 g/mol. The monoisotopic (exact) mass is 391 g/mol. The molecule has 0 fully saturated rings. The molecule has 3 rings (SSSR count). The minimum absolute atomic E-state index is 0.126. The maximum Gasteiger partial charge on any atom is 0.274 e. The SMILES string of the molecule is CCn1nccc1CN(C)C(=O)c1ccn(Cn2cc(Br)cn2)n1. The van der Waals surface area contributed by atoms with Crippen molar-refractivity contribution in [2.45, 2.75) is 26.7 Å². The first-order valence-electron chi connectivity index (χ1n) is 7.54.